The minimum Gasteiger partial charge on any atom is -0.465 e. The van der Waals surface area contributed by atoms with Gasteiger partial charge in [0.15, 0.2) is 0 Å². The van der Waals surface area contributed by atoms with Gasteiger partial charge >= 0.3 is 5.97 Å². The molecule has 1 atom stereocenters. The Labute approximate surface area is 160 Å². The number of amides is 2. The van der Waals surface area contributed by atoms with Crippen molar-refractivity contribution < 1.29 is 19.1 Å². The van der Waals surface area contributed by atoms with Gasteiger partial charge in [0.05, 0.1) is 19.6 Å². The van der Waals surface area contributed by atoms with Crippen molar-refractivity contribution in [1.82, 2.24) is 10.2 Å². The van der Waals surface area contributed by atoms with E-state index in [0.717, 1.165) is 16.8 Å². The number of carbonyl (C=O) groups is 3. The van der Waals surface area contributed by atoms with Gasteiger partial charge in [-0.15, -0.1) is 0 Å². The van der Waals surface area contributed by atoms with Gasteiger partial charge in [0, 0.05) is 18.8 Å². The van der Waals surface area contributed by atoms with Crippen LogP contribution >= 0.6 is 0 Å². The zero-order chi connectivity index (χ0) is 20.0. The molecule has 1 saturated heterocycles. The summed E-state index contributed by atoms with van der Waals surface area (Å²) in [6.07, 6.45) is -0.131. The summed E-state index contributed by atoms with van der Waals surface area (Å²) in [6, 6.07) is 5.15. The molecule has 0 aliphatic carbocycles. The number of nitrogens with zero attached hydrogens (tertiary/aromatic N) is 1. The molecule has 0 aromatic heterocycles. The fourth-order valence-corrected chi connectivity index (χ4v) is 2.89. The van der Waals surface area contributed by atoms with Crippen LogP contribution in [0.25, 0.3) is 0 Å². The lowest BCUT2D eigenvalue weighted by Gasteiger charge is -2.34. The molecule has 0 bridgehead atoms. The Balaban J connectivity index is 1.99. The first-order chi connectivity index (χ1) is 12.8. The van der Waals surface area contributed by atoms with E-state index >= 15 is 0 Å². The summed E-state index contributed by atoms with van der Waals surface area (Å²) in [5, 5.41) is 5.86. The highest BCUT2D eigenvalue weighted by atomic mass is 16.5. The van der Waals surface area contributed by atoms with Crippen molar-refractivity contribution >= 4 is 23.5 Å². The lowest BCUT2D eigenvalue weighted by atomic mass is 10.1. The van der Waals surface area contributed by atoms with E-state index in [1.807, 2.05) is 45.9 Å². The average Bonchev–Trinajstić information content (AvgIpc) is 2.62. The van der Waals surface area contributed by atoms with Gasteiger partial charge in [-0.3, -0.25) is 14.4 Å². The van der Waals surface area contributed by atoms with Crippen molar-refractivity contribution in [2.45, 2.75) is 40.2 Å². The van der Waals surface area contributed by atoms with Crippen molar-refractivity contribution in [3.8, 4) is 0 Å². The van der Waals surface area contributed by atoms with Crippen molar-refractivity contribution in [3.63, 3.8) is 0 Å². The second-order valence-electron chi connectivity index (χ2n) is 7.35. The number of aryl methyl sites for hydroxylation is 2. The third kappa shape index (κ3) is 5.98. The number of carbonyl (C=O) groups excluding carboxylic acids is 3. The Morgan fingerprint density at radius 1 is 1.33 bits per heavy atom. The van der Waals surface area contributed by atoms with E-state index in [1.165, 1.54) is 4.90 Å². The monoisotopic (exact) mass is 375 g/mol. The van der Waals surface area contributed by atoms with Gasteiger partial charge in [-0.1, -0.05) is 26.0 Å². The molecule has 0 saturated carbocycles. The lowest BCUT2D eigenvalue weighted by molar-refractivity contribution is -0.152. The average molecular weight is 375 g/mol. The summed E-state index contributed by atoms with van der Waals surface area (Å²) in [4.78, 5) is 38.4. The zero-order valence-corrected chi connectivity index (χ0v) is 16.5. The molecule has 7 heteroatoms. The summed E-state index contributed by atoms with van der Waals surface area (Å²) in [7, 11) is 0. The van der Waals surface area contributed by atoms with Crippen LogP contribution in [0.15, 0.2) is 18.2 Å². The van der Waals surface area contributed by atoms with Gasteiger partial charge in [-0.05, 0) is 37.0 Å². The Kier molecular flexibility index (Phi) is 7.21. The van der Waals surface area contributed by atoms with E-state index < -0.39 is 12.0 Å². The standard InChI is InChI=1S/C20H29N3O4/c1-13(2)12-27-19(25)10-17-20(26)21-7-8-23(17)18(24)11-22-16-9-14(3)5-6-15(16)4/h5-6,9,13,17,22H,7-8,10-12H2,1-4H3,(H,21,26). The smallest absolute Gasteiger partial charge is 0.308 e. The fourth-order valence-electron chi connectivity index (χ4n) is 2.89. The van der Waals surface area contributed by atoms with Gasteiger partial charge in [0.25, 0.3) is 0 Å². The van der Waals surface area contributed by atoms with Crippen LogP contribution in [0.4, 0.5) is 5.69 Å². The molecule has 2 N–H and O–H groups in total. The third-order valence-electron chi connectivity index (χ3n) is 4.41. The first kappa shape index (κ1) is 20.7. The number of nitrogens with one attached hydrogen (secondary N) is 2. The molecule has 2 amide bonds. The third-order valence-corrected chi connectivity index (χ3v) is 4.41. The molecule has 1 unspecified atom stereocenters. The summed E-state index contributed by atoms with van der Waals surface area (Å²) in [6.45, 7) is 8.95. The van der Waals surface area contributed by atoms with Crippen LogP contribution in [0.1, 0.15) is 31.4 Å². The molecule has 1 aromatic carbocycles. The van der Waals surface area contributed by atoms with Crippen LogP contribution < -0.4 is 10.6 Å². The van der Waals surface area contributed by atoms with Crippen LogP contribution in [0.2, 0.25) is 0 Å². The molecule has 1 fully saturated rings. The van der Waals surface area contributed by atoms with Crippen LogP contribution in [0, 0.1) is 19.8 Å². The van der Waals surface area contributed by atoms with E-state index in [0.29, 0.717) is 19.7 Å². The summed E-state index contributed by atoms with van der Waals surface area (Å²) in [5.41, 5.74) is 3.02. The summed E-state index contributed by atoms with van der Waals surface area (Å²) >= 11 is 0. The molecule has 1 aliphatic rings. The number of hydrogen-bond donors (Lipinski definition) is 2. The molecule has 7 nitrogen and oxygen atoms in total. The van der Waals surface area contributed by atoms with E-state index in [-0.39, 0.29) is 30.7 Å². The highest BCUT2D eigenvalue weighted by molar-refractivity contribution is 5.93. The van der Waals surface area contributed by atoms with Crippen LogP contribution in [0.3, 0.4) is 0 Å². The van der Waals surface area contributed by atoms with Crippen molar-refractivity contribution in [2.75, 3.05) is 31.6 Å². The molecule has 148 valence electrons. The molecule has 1 aromatic rings. The van der Waals surface area contributed by atoms with E-state index in [9.17, 15) is 14.4 Å². The van der Waals surface area contributed by atoms with Gasteiger partial charge in [-0.25, -0.2) is 0 Å². The number of esters is 1. The normalized spacial score (nSPS) is 16.9. The maximum absolute atomic E-state index is 12.7. The predicted molar refractivity (Wildman–Crippen MR) is 103 cm³/mol. The number of ether oxygens (including phenoxy) is 1. The largest absolute Gasteiger partial charge is 0.465 e. The highest BCUT2D eigenvalue weighted by Crippen LogP contribution is 2.17. The number of anilines is 1. The highest BCUT2D eigenvalue weighted by Gasteiger charge is 2.35. The number of benzene rings is 1. The minimum absolute atomic E-state index is 0.0646. The van der Waals surface area contributed by atoms with E-state index in [1.54, 1.807) is 0 Å². The van der Waals surface area contributed by atoms with Gasteiger partial charge in [-0.2, -0.15) is 0 Å². The zero-order valence-electron chi connectivity index (χ0n) is 16.5. The van der Waals surface area contributed by atoms with Crippen LogP contribution in [-0.4, -0.2) is 55.0 Å². The molecular formula is C20H29N3O4. The SMILES string of the molecule is Cc1ccc(C)c(NCC(=O)N2CCNC(=O)C2CC(=O)OCC(C)C)c1. The van der Waals surface area contributed by atoms with Gasteiger partial charge in [0.1, 0.15) is 6.04 Å². The summed E-state index contributed by atoms with van der Waals surface area (Å²) in [5.74, 6) is -0.782. The molecule has 0 spiro atoms. The molecule has 2 rings (SSSR count). The maximum atomic E-state index is 12.7. The Morgan fingerprint density at radius 3 is 2.78 bits per heavy atom. The Morgan fingerprint density at radius 2 is 2.07 bits per heavy atom. The van der Waals surface area contributed by atoms with E-state index in [2.05, 4.69) is 10.6 Å². The van der Waals surface area contributed by atoms with Gasteiger partial charge in [0.2, 0.25) is 11.8 Å². The van der Waals surface area contributed by atoms with Crippen molar-refractivity contribution in [3.05, 3.63) is 29.3 Å². The molecule has 27 heavy (non-hydrogen) atoms. The van der Waals surface area contributed by atoms with Crippen molar-refractivity contribution in [2.24, 2.45) is 5.92 Å². The molecule has 1 aliphatic heterocycles. The van der Waals surface area contributed by atoms with E-state index in [4.69, 9.17) is 4.74 Å². The Hall–Kier alpha value is -2.57. The first-order valence-electron chi connectivity index (χ1n) is 9.32. The van der Waals surface area contributed by atoms with Gasteiger partial charge < -0.3 is 20.3 Å². The fraction of sp³-hybridized carbons (Fsp3) is 0.550. The number of hydrogen-bond acceptors (Lipinski definition) is 5. The molecule has 0 radical (unpaired) electrons. The number of piperazine rings is 1. The number of rotatable bonds is 7. The predicted octanol–water partition coefficient (Wildman–Crippen LogP) is 1.63. The maximum Gasteiger partial charge on any atom is 0.308 e. The second-order valence-corrected chi connectivity index (χ2v) is 7.35. The lowest BCUT2D eigenvalue weighted by Crippen LogP contribution is -2.58. The second kappa shape index (κ2) is 9.39. The van der Waals surface area contributed by atoms with Crippen molar-refractivity contribution in [1.29, 1.82) is 0 Å². The topological polar surface area (TPSA) is 87.7 Å². The summed E-state index contributed by atoms with van der Waals surface area (Å²) < 4.78 is 5.17. The molecule has 1 heterocycles. The quantitative estimate of drug-likeness (QED) is 0.708. The van der Waals surface area contributed by atoms with Crippen LogP contribution in [-0.2, 0) is 19.1 Å². The molecular weight excluding hydrogens is 346 g/mol. The minimum atomic E-state index is -0.827. The first-order valence-corrected chi connectivity index (χ1v) is 9.32. The Bertz CT molecular complexity index is 702. The van der Waals surface area contributed by atoms with Crippen LogP contribution in [0.5, 0.6) is 0 Å².